The smallest absolute Gasteiger partial charge is 0.243 e. The van der Waals surface area contributed by atoms with E-state index in [0.717, 1.165) is 41.9 Å². The first-order valence-electron chi connectivity index (χ1n) is 12.2. The topological polar surface area (TPSA) is 75.4 Å². The molecule has 1 N–H and O–H groups in total. The summed E-state index contributed by atoms with van der Waals surface area (Å²) in [7, 11) is -4.02. The molecule has 10 heteroatoms. The molecule has 0 radical (unpaired) electrons. The fraction of sp³-hybridized carbons (Fsp3) is 0.370. The number of nitrogens with zero attached hydrogens (tertiary/aromatic N) is 3. The van der Waals surface area contributed by atoms with Crippen LogP contribution in [0.4, 0.5) is 8.78 Å². The van der Waals surface area contributed by atoms with Crippen molar-refractivity contribution in [1.82, 2.24) is 14.1 Å². The van der Waals surface area contributed by atoms with Crippen molar-refractivity contribution in [3.05, 3.63) is 87.7 Å². The van der Waals surface area contributed by atoms with Crippen molar-refractivity contribution in [2.45, 2.75) is 50.0 Å². The number of hydrogen-bond acceptors (Lipinski definition) is 4. The Morgan fingerprint density at radius 2 is 1.95 bits per heavy atom. The Hall–Kier alpha value is -2.59. The molecular formula is C27H28ClF2N3O3S. The van der Waals surface area contributed by atoms with Gasteiger partial charge in [0.05, 0.1) is 33.6 Å². The van der Waals surface area contributed by atoms with Crippen LogP contribution >= 0.6 is 11.6 Å². The zero-order valence-corrected chi connectivity index (χ0v) is 22.1. The van der Waals surface area contributed by atoms with Crippen LogP contribution in [0, 0.1) is 17.6 Å². The van der Waals surface area contributed by atoms with Crippen LogP contribution in [0.25, 0.3) is 5.69 Å². The second-order valence-corrected chi connectivity index (χ2v) is 12.2. The molecule has 1 heterocycles. The molecule has 0 fully saturated rings. The molecule has 2 aliphatic carbocycles. The molecule has 6 nitrogen and oxygen atoms in total. The van der Waals surface area contributed by atoms with Crippen LogP contribution in [0.3, 0.4) is 0 Å². The van der Waals surface area contributed by atoms with Crippen molar-refractivity contribution in [1.29, 1.82) is 0 Å². The molecular weight excluding hydrogens is 520 g/mol. The first-order valence-corrected chi connectivity index (χ1v) is 14.1. The van der Waals surface area contributed by atoms with Crippen molar-refractivity contribution in [2.24, 2.45) is 5.92 Å². The van der Waals surface area contributed by atoms with E-state index in [1.807, 2.05) is 10.9 Å². The molecule has 2 aromatic carbocycles. The number of rotatable bonds is 7. The highest BCUT2D eigenvalue weighted by Crippen LogP contribution is 2.47. The van der Waals surface area contributed by atoms with Gasteiger partial charge in [-0.05, 0) is 68.1 Å². The summed E-state index contributed by atoms with van der Waals surface area (Å²) in [5.41, 5.74) is 5.42. The Balaban J connectivity index is 1.44. The molecule has 5 rings (SSSR count). The maximum atomic E-state index is 13.7. The largest absolute Gasteiger partial charge is 0.392 e. The van der Waals surface area contributed by atoms with E-state index in [4.69, 9.17) is 11.6 Å². The first-order chi connectivity index (χ1) is 17.6. The second-order valence-electron chi connectivity index (χ2n) is 9.87. The Kier molecular flexibility index (Phi) is 7.00. The van der Waals surface area contributed by atoms with Crippen LogP contribution in [0.15, 0.2) is 64.7 Å². The summed E-state index contributed by atoms with van der Waals surface area (Å²) in [6.07, 6.45) is 3.28. The van der Waals surface area contributed by atoms with Gasteiger partial charge in [0.1, 0.15) is 11.6 Å². The van der Waals surface area contributed by atoms with Gasteiger partial charge in [-0.1, -0.05) is 29.7 Å². The van der Waals surface area contributed by atoms with Gasteiger partial charge in [-0.25, -0.2) is 21.9 Å². The summed E-state index contributed by atoms with van der Waals surface area (Å²) < 4.78 is 57.3. The molecule has 0 aliphatic heterocycles. The van der Waals surface area contributed by atoms with Gasteiger partial charge in [-0.15, -0.1) is 0 Å². The minimum atomic E-state index is -4.02. The lowest BCUT2D eigenvalue weighted by Crippen LogP contribution is -2.40. The molecule has 0 unspecified atom stereocenters. The molecule has 2 aliphatic rings. The molecule has 3 atom stereocenters. The van der Waals surface area contributed by atoms with Crippen LogP contribution in [0.1, 0.15) is 43.9 Å². The summed E-state index contributed by atoms with van der Waals surface area (Å²) in [5, 5.41) is 14.4. The van der Waals surface area contributed by atoms with E-state index < -0.39 is 21.9 Å². The number of halogens is 3. The van der Waals surface area contributed by atoms with E-state index in [-0.39, 0.29) is 40.7 Å². The number of aliphatic hydroxyl groups is 1. The summed E-state index contributed by atoms with van der Waals surface area (Å²) in [5.74, 6) is -0.990. The maximum absolute atomic E-state index is 13.7. The third kappa shape index (κ3) is 4.85. The Labute approximate surface area is 220 Å². The lowest BCUT2D eigenvalue weighted by atomic mass is 9.80. The molecule has 0 saturated carbocycles. The number of aliphatic hydroxyl groups excluding tert-OH is 1. The standard InChI is InChI=1S/C27H28ClF2N3O3S/c1-16(34)14-32(37(35,36)22-9-10-25(30)24(28)12-22)15-19-4-3-18-11-26-23(17(2)27(18)19)13-31-33(26)21-7-5-20(29)6-8-21/h5-10,12-13,16-17,19,34H,3-4,11,14-15H2,1-2H3/t16-,17-,19+/m0/s1. The zero-order chi connectivity index (χ0) is 26.5. The van der Waals surface area contributed by atoms with Crippen LogP contribution in [0.5, 0.6) is 0 Å². The van der Waals surface area contributed by atoms with E-state index in [0.29, 0.717) is 6.42 Å². The van der Waals surface area contributed by atoms with Crippen LogP contribution < -0.4 is 0 Å². The fourth-order valence-corrected chi connectivity index (χ4v) is 7.51. The van der Waals surface area contributed by atoms with E-state index in [2.05, 4.69) is 12.0 Å². The first kappa shape index (κ1) is 26.0. The maximum Gasteiger partial charge on any atom is 0.243 e. The summed E-state index contributed by atoms with van der Waals surface area (Å²) in [6, 6.07) is 9.58. The predicted octanol–water partition coefficient (Wildman–Crippen LogP) is 5.24. The highest BCUT2D eigenvalue weighted by molar-refractivity contribution is 7.89. The van der Waals surface area contributed by atoms with Gasteiger partial charge in [0, 0.05) is 31.0 Å². The minimum Gasteiger partial charge on any atom is -0.392 e. The fourth-order valence-electron chi connectivity index (χ4n) is 5.67. The molecule has 196 valence electrons. The molecule has 1 aromatic heterocycles. The average Bonchev–Trinajstić information content (AvgIpc) is 3.45. The Morgan fingerprint density at radius 1 is 1.22 bits per heavy atom. The Morgan fingerprint density at radius 3 is 2.62 bits per heavy atom. The van der Waals surface area contributed by atoms with Gasteiger partial charge < -0.3 is 5.11 Å². The SMILES string of the molecule is C[C@H](O)CN(C[C@H]1CCC2=C1[C@@H](C)c1cnn(-c3ccc(F)cc3)c1C2)S(=O)(=O)c1ccc(F)c(Cl)c1. The Bertz CT molecular complexity index is 1470. The van der Waals surface area contributed by atoms with E-state index in [9.17, 15) is 22.3 Å². The number of allylic oxidation sites excluding steroid dienone is 1. The second kappa shape index (κ2) is 9.94. The number of hydrogen-bond donors (Lipinski definition) is 1. The lowest BCUT2D eigenvalue weighted by Gasteiger charge is -2.31. The molecule has 37 heavy (non-hydrogen) atoms. The lowest BCUT2D eigenvalue weighted by molar-refractivity contribution is 0.158. The molecule has 0 amide bonds. The summed E-state index contributed by atoms with van der Waals surface area (Å²) in [4.78, 5) is -0.105. The minimum absolute atomic E-state index is 0.0308. The zero-order valence-electron chi connectivity index (χ0n) is 20.5. The highest BCUT2D eigenvalue weighted by atomic mass is 35.5. The summed E-state index contributed by atoms with van der Waals surface area (Å²) in [6.45, 7) is 3.76. The predicted molar refractivity (Wildman–Crippen MR) is 137 cm³/mol. The highest BCUT2D eigenvalue weighted by Gasteiger charge is 2.39. The molecule has 0 spiro atoms. The summed E-state index contributed by atoms with van der Waals surface area (Å²) >= 11 is 5.87. The quantitative estimate of drug-likeness (QED) is 0.410. The molecule has 3 aromatic rings. The van der Waals surface area contributed by atoms with Gasteiger partial charge in [0.25, 0.3) is 0 Å². The molecule has 0 saturated heterocycles. The van der Waals surface area contributed by atoms with Gasteiger partial charge in [0.15, 0.2) is 0 Å². The van der Waals surface area contributed by atoms with E-state index in [1.165, 1.54) is 33.7 Å². The third-order valence-electron chi connectivity index (χ3n) is 7.35. The average molecular weight is 548 g/mol. The van der Waals surface area contributed by atoms with Crippen molar-refractivity contribution in [3.8, 4) is 5.69 Å². The van der Waals surface area contributed by atoms with Gasteiger partial charge >= 0.3 is 0 Å². The van der Waals surface area contributed by atoms with E-state index >= 15 is 0 Å². The number of aromatic nitrogens is 2. The van der Waals surface area contributed by atoms with Crippen molar-refractivity contribution < 1.29 is 22.3 Å². The van der Waals surface area contributed by atoms with Crippen molar-refractivity contribution in [2.75, 3.05) is 13.1 Å². The van der Waals surface area contributed by atoms with Crippen LogP contribution in [-0.2, 0) is 16.4 Å². The number of fused-ring (bicyclic) bond motifs is 1. The van der Waals surface area contributed by atoms with Crippen LogP contribution in [0.2, 0.25) is 5.02 Å². The third-order valence-corrected chi connectivity index (χ3v) is 9.47. The van der Waals surface area contributed by atoms with E-state index in [1.54, 1.807) is 19.1 Å². The van der Waals surface area contributed by atoms with Crippen molar-refractivity contribution >= 4 is 21.6 Å². The van der Waals surface area contributed by atoms with Crippen LogP contribution in [-0.4, -0.2) is 46.8 Å². The number of benzene rings is 2. The monoisotopic (exact) mass is 547 g/mol. The van der Waals surface area contributed by atoms with Crippen molar-refractivity contribution in [3.63, 3.8) is 0 Å². The normalized spacial score (nSPS) is 20.3. The van der Waals surface area contributed by atoms with Gasteiger partial charge in [-0.2, -0.15) is 9.40 Å². The van der Waals surface area contributed by atoms with Gasteiger partial charge in [0.2, 0.25) is 10.0 Å². The molecule has 0 bridgehead atoms. The van der Waals surface area contributed by atoms with Gasteiger partial charge in [-0.3, -0.25) is 0 Å². The number of sulfonamides is 1.